The van der Waals surface area contributed by atoms with Gasteiger partial charge in [0.05, 0.1) is 18.2 Å². The number of aromatic nitrogens is 1. The van der Waals surface area contributed by atoms with Crippen molar-refractivity contribution in [2.45, 2.75) is 31.6 Å². The lowest BCUT2D eigenvalue weighted by Gasteiger charge is -2.32. The minimum Gasteiger partial charge on any atom is -0.506 e. The van der Waals surface area contributed by atoms with Crippen LogP contribution in [0.25, 0.3) is 10.9 Å². The number of pyridine rings is 1. The summed E-state index contributed by atoms with van der Waals surface area (Å²) in [4.78, 5) is 28.4. The number of aromatic amines is 1. The van der Waals surface area contributed by atoms with Crippen molar-refractivity contribution in [1.29, 1.82) is 0 Å². The molecular weight excluding hydrogens is 422 g/mol. The second kappa shape index (κ2) is 10.6. The predicted molar refractivity (Wildman–Crippen MR) is 125 cm³/mol. The molecule has 4 N–H and O–H groups in total. The van der Waals surface area contributed by atoms with Crippen LogP contribution in [0.1, 0.15) is 30.1 Å². The lowest BCUT2D eigenvalue weighted by molar-refractivity contribution is -0.146. The Kier molecular flexibility index (Phi) is 7.39. The van der Waals surface area contributed by atoms with Crippen LogP contribution in [0.3, 0.4) is 0 Å². The Morgan fingerprint density at radius 3 is 2.64 bits per heavy atom. The van der Waals surface area contributed by atoms with E-state index in [4.69, 9.17) is 4.74 Å². The maximum absolute atomic E-state index is 12.1. The van der Waals surface area contributed by atoms with Crippen LogP contribution in [0.4, 0.5) is 0 Å². The van der Waals surface area contributed by atoms with E-state index in [1.807, 2.05) is 30.3 Å². The number of nitrogens with zero attached hydrogens (tertiary/aromatic N) is 1. The SMILES string of the molecule is O=C(CN1CCC(NCC(O)c2ccc(O)c3[nH]c(=O)ccc23)CC1)OCc1ccccc1. The van der Waals surface area contributed by atoms with E-state index in [0.29, 0.717) is 23.0 Å². The highest BCUT2D eigenvalue weighted by Gasteiger charge is 2.22. The van der Waals surface area contributed by atoms with Crippen LogP contribution < -0.4 is 10.9 Å². The second-order valence-corrected chi connectivity index (χ2v) is 8.41. The number of phenolic OH excluding ortho intramolecular Hbond substituents is 1. The van der Waals surface area contributed by atoms with Crippen LogP contribution in [-0.2, 0) is 16.1 Å². The van der Waals surface area contributed by atoms with Gasteiger partial charge in [0.2, 0.25) is 5.56 Å². The number of ether oxygens (including phenoxy) is 1. The number of phenols is 1. The predicted octanol–water partition coefficient (Wildman–Crippen LogP) is 2.06. The number of fused-ring (bicyclic) bond motifs is 1. The third kappa shape index (κ3) is 5.98. The fourth-order valence-electron chi connectivity index (χ4n) is 4.20. The summed E-state index contributed by atoms with van der Waals surface area (Å²) in [5, 5.41) is 24.8. The Balaban J connectivity index is 1.23. The highest BCUT2D eigenvalue weighted by atomic mass is 16.5. The van der Waals surface area contributed by atoms with Crippen molar-refractivity contribution in [3.05, 3.63) is 76.1 Å². The molecule has 1 atom stereocenters. The minimum atomic E-state index is -0.787. The normalized spacial score (nSPS) is 16.0. The molecule has 1 aliphatic heterocycles. The maximum atomic E-state index is 12.1. The number of nitrogens with one attached hydrogen (secondary N) is 2. The summed E-state index contributed by atoms with van der Waals surface area (Å²) in [5.41, 5.74) is 1.63. The number of benzene rings is 2. The molecule has 4 rings (SSSR count). The lowest BCUT2D eigenvalue weighted by Crippen LogP contribution is -2.45. The van der Waals surface area contributed by atoms with Crippen molar-refractivity contribution < 1.29 is 19.7 Å². The number of likely N-dealkylation sites (tertiary alicyclic amines) is 1. The molecule has 8 nitrogen and oxygen atoms in total. The minimum absolute atomic E-state index is 0.0266. The fraction of sp³-hybridized carbons (Fsp3) is 0.360. The molecule has 1 aliphatic rings. The number of carbonyl (C=O) groups is 1. The number of hydrogen-bond acceptors (Lipinski definition) is 7. The first-order valence-corrected chi connectivity index (χ1v) is 11.2. The van der Waals surface area contributed by atoms with E-state index in [9.17, 15) is 19.8 Å². The molecule has 2 aromatic carbocycles. The summed E-state index contributed by atoms with van der Waals surface area (Å²) < 4.78 is 5.37. The average Bonchev–Trinajstić information content (AvgIpc) is 2.83. The van der Waals surface area contributed by atoms with E-state index in [-0.39, 0.29) is 36.5 Å². The molecular formula is C25H29N3O5. The zero-order valence-electron chi connectivity index (χ0n) is 18.4. The maximum Gasteiger partial charge on any atom is 0.320 e. The molecule has 1 aromatic heterocycles. The van der Waals surface area contributed by atoms with Gasteiger partial charge in [-0.15, -0.1) is 0 Å². The highest BCUT2D eigenvalue weighted by Crippen LogP contribution is 2.28. The summed E-state index contributed by atoms with van der Waals surface area (Å²) in [6.45, 7) is 2.47. The van der Waals surface area contributed by atoms with E-state index in [0.717, 1.165) is 31.5 Å². The molecule has 0 bridgehead atoms. The van der Waals surface area contributed by atoms with Crippen LogP contribution in [0.5, 0.6) is 5.75 Å². The lowest BCUT2D eigenvalue weighted by atomic mass is 10.0. The zero-order valence-corrected chi connectivity index (χ0v) is 18.4. The van der Waals surface area contributed by atoms with Crippen molar-refractivity contribution in [3.8, 4) is 5.75 Å². The molecule has 3 aromatic rings. The zero-order chi connectivity index (χ0) is 23.2. The largest absolute Gasteiger partial charge is 0.506 e. The number of piperidine rings is 1. The Morgan fingerprint density at radius 2 is 1.88 bits per heavy atom. The topological polar surface area (TPSA) is 115 Å². The van der Waals surface area contributed by atoms with Crippen molar-refractivity contribution in [1.82, 2.24) is 15.2 Å². The van der Waals surface area contributed by atoms with Gasteiger partial charge in [0.1, 0.15) is 12.4 Å². The number of H-pyrrole nitrogens is 1. The molecule has 1 fully saturated rings. The number of aliphatic hydroxyl groups is 1. The van der Waals surface area contributed by atoms with E-state index < -0.39 is 6.10 Å². The molecule has 0 aliphatic carbocycles. The van der Waals surface area contributed by atoms with E-state index >= 15 is 0 Å². The van der Waals surface area contributed by atoms with Crippen LogP contribution in [-0.4, -0.2) is 58.3 Å². The summed E-state index contributed by atoms with van der Waals surface area (Å²) in [6, 6.07) is 16.0. The number of aliphatic hydroxyl groups excluding tert-OH is 1. The van der Waals surface area contributed by atoms with Gasteiger partial charge in [-0.1, -0.05) is 36.4 Å². The van der Waals surface area contributed by atoms with Gasteiger partial charge in [0, 0.05) is 37.1 Å². The number of esters is 1. The molecule has 0 amide bonds. The van der Waals surface area contributed by atoms with Crippen LogP contribution in [0.2, 0.25) is 0 Å². The Morgan fingerprint density at radius 1 is 1.12 bits per heavy atom. The smallest absolute Gasteiger partial charge is 0.320 e. The van der Waals surface area contributed by atoms with Crippen molar-refractivity contribution in [2.24, 2.45) is 0 Å². The third-order valence-electron chi connectivity index (χ3n) is 6.05. The third-order valence-corrected chi connectivity index (χ3v) is 6.05. The van der Waals surface area contributed by atoms with Crippen LogP contribution in [0.15, 0.2) is 59.4 Å². The molecule has 1 saturated heterocycles. The van der Waals surface area contributed by atoms with Gasteiger partial charge in [0.25, 0.3) is 0 Å². The first kappa shape index (κ1) is 23.0. The van der Waals surface area contributed by atoms with E-state index in [1.165, 1.54) is 12.1 Å². The Bertz CT molecular complexity index is 1140. The molecule has 0 saturated carbocycles. The Hall–Kier alpha value is -3.20. The molecule has 33 heavy (non-hydrogen) atoms. The molecule has 2 heterocycles. The standard InChI is InChI=1S/C25H29N3O5/c29-21-8-6-19(20-7-9-23(31)27-25(20)21)22(30)14-26-18-10-12-28(13-11-18)15-24(32)33-16-17-4-2-1-3-5-17/h1-9,18,22,26,29-30H,10-16H2,(H,27,31). The Labute approximate surface area is 191 Å². The monoisotopic (exact) mass is 451 g/mol. The number of carbonyl (C=O) groups excluding carboxylic acids is 1. The molecule has 1 unspecified atom stereocenters. The van der Waals surface area contributed by atoms with Gasteiger partial charge in [-0.05, 0) is 36.1 Å². The summed E-state index contributed by atoms with van der Waals surface area (Å²) in [6.07, 6.45) is 0.940. The van der Waals surface area contributed by atoms with Gasteiger partial charge in [0.15, 0.2) is 0 Å². The molecule has 0 radical (unpaired) electrons. The summed E-state index contributed by atoms with van der Waals surface area (Å²) in [7, 11) is 0. The molecule has 0 spiro atoms. The fourth-order valence-corrected chi connectivity index (χ4v) is 4.20. The van der Waals surface area contributed by atoms with Gasteiger partial charge in [-0.3, -0.25) is 14.5 Å². The second-order valence-electron chi connectivity index (χ2n) is 8.41. The number of hydrogen-bond donors (Lipinski definition) is 4. The highest BCUT2D eigenvalue weighted by molar-refractivity contribution is 5.87. The van der Waals surface area contributed by atoms with Crippen molar-refractivity contribution in [3.63, 3.8) is 0 Å². The van der Waals surface area contributed by atoms with Gasteiger partial charge in [-0.25, -0.2) is 0 Å². The average molecular weight is 452 g/mol. The van der Waals surface area contributed by atoms with Gasteiger partial charge < -0.3 is 25.3 Å². The summed E-state index contributed by atoms with van der Waals surface area (Å²) in [5.74, 6) is -0.251. The van der Waals surface area contributed by atoms with Crippen molar-refractivity contribution >= 4 is 16.9 Å². The molecule has 8 heteroatoms. The van der Waals surface area contributed by atoms with Crippen molar-refractivity contribution in [2.75, 3.05) is 26.2 Å². The number of rotatable bonds is 8. The van der Waals surface area contributed by atoms with Gasteiger partial charge >= 0.3 is 5.97 Å². The number of aromatic hydroxyl groups is 1. The first-order valence-electron chi connectivity index (χ1n) is 11.2. The van der Waals surface area contributed by atoms with Gasteiger partial charge in [-0.2, -0.15) is 0 Å². The van der Waals surface area contributed by atoms with Crippen LogP contribution >= 0.6 is 0 Å². The van der Waals surface area contributed by atoms with E-state index in [2.05, 4.69) is 15.2 Å². The van der Waals surface area contributed by atoms with E-state index in [1.54, 1.807) is 12.1 Å². The molecule has 174 valence electrons. The first-order chi connectivity index (χ1) is 16.0. The van der Waals surface area contributed by atoms with Crippen LogP contribution in [0, 0.1) is 0 Å². The quantitative estimate of drug-likeness (QED) is 0.388. The summed E-state index contributed by atoms with van der Waals surface area (Å²) >= 11 is 0.